The Kier molecular flexibility index (Phi) is 3.65. The molecule has 2 aliphatic rings. The third kappa shape index (κ3) is 2.71. The summed E-state index contributed by atoms with van der Waals surface area (Å²) in [4.78, 5) is 12.3. The third-order valence-corrected chi connectivity index (χ3v) is 4.04. The summed E-state index contributed by atoms with van der Waals surface area (Å²) >= 11 is 0. The van der Waals surface area contributed by atoms with Crippen LogP contribution in [0.1, 0.15) is 30.4 Å². The van der Waals surface area contributed by atoms with E-state index in [1.165, 1.54) is 11.1 Å². The fraction of sp³-hybridized carbons (Fsp3) is 0.438. The molecule has 1 aromatic carbocycles. The molecule has 1 amide bonds. The lowest BCUT2D eigenvalue weighted by atomic mass is 9.93. The van der Waals surface area contributed by atoms with E-state index in [2.05, 4.69) is 28.9 Å². The lowest BCUT2D eigenvalue weighted by Crippen LogP contribution is -2.27. The van der Waals surface area contributed by atoms with Gasteiger partial charge in [-0.25, -0.2) is 0 Å². The lowest BCUT2D eigenvalue weighted by Gasteiger charge is -2.22. The van der Waals surface area contributed by atoms with Crippen molar-refractivity contribution < 1.29 is 4.79 Å². The van der Waals surface area contributed by atoms with Crippen LogP contribution in [0.3, 0.4) is 0 Å². The molecular formula is C16H20N2O. The van der Waals surface area contributed by atoms with Gasteiger partial charge in [-0.3, -0.25) is 4.79 Å². The number of rotatable bonds is 2. The summed E-state index contributed by atoms with van der Waals surface area (Å²) in [5.41, 5.74) is 3.63. The average Bonchev–Trinajstić information content (AvgIpc) is 2.48. The van der Waals surface area contributed by atoms with Crippen LogP contribution in [-0.2, 0) is 17.8 Å². The van der Waals surface area contributed by atoms with Crippen LogP contribution in [0.2, 0.25) is 0 Å². The number of amides is 1. The predicted molar refractivity (Wildman–Crippen MR) is 77.0 cm³/mol. The molecule has 0 fully saturated rings. The van der Waals surface area contributed by atoms with Crippen LogP contribution in [0.4, 0.5) is 5.69 Å². The van der Waals surface area contributed by atoms with Crippen LogP contribution in [0.15, 0.2) is 30.4 Å². The van der Waals surface area contributed by atoms with E-state index < -0.39 is 0 Å². The van der Waals surface area contributed by atoms with E-state index in [0.29, 0.717) is 0 Å². The fourth-order valence-electron chi connectivity index (χ4n) is 2.92. The maximum absolute atomic E-state index is 12.3. The Labute approximate surface area is 114 Å². The zero-order chi connectivity index (χ0) is 13.1. The molecule has 0 radical (unpaired) electrons. The number of carbonyl (C=O) groups excluding carboxylic acids is 1. The van der Waals surface area contributed by atoms with Gasteiger partial charge in [-0.1, -0.05) is 24.3 Å². The number of benzene rings is 1. The molecule has 3 heteroatoms. The Balaban J connectivity index is 1.76. The minimum absolute atomic E-state index is 0.141. The smallest absolute Gasteiger partial charge is 0.227 e. The Bertz CT molecular complexity index is 507. The predicted octanol–water partition coefficient (Wildman–Crippen LogP) is 2.63. The van der Waals surface area contributed by atoms with E-state index in [0.717, 1.165) is 44.5 Å². The van der Waals surface area contributed by atoms with Crippen molar-refractivity contribution in [3.63, 3.8) is 0 Å². The first kappa shape index (κ1) is 12.4. The first-order chi connectivity index (χ1) is 9.34. The highest BCUT2D eigenvalue weighted by atomic mass is 16.1. The lowest BCUT2D eigenvalue weighted by molar-refractivity contribution is -0.120. The van der Waals surface area contributed by atoms with Gasteiger partial charge < -0.3 is 10.6 Å². The Morgan fingerprint density at radius 1 is 1.32 bits per heavy atom. The first-order valence-electron chi connectivity index (χ1n) is 7.12. The normalized spacial score (nSPS) is 21.8. The van der Waals surface area contributed by atoms with Gasteiger partial charge in [-0.15, -0.1) is 0 Å². The third-order valence-electron chi connectivity index (χ3n) is 4.04. The molecule has 3 nitrogen and oxygen atoms in total. The standard InChI is InChI=1S/C16H20N2O/c19-16(12-5-2-1-3-6-12)18-15-8-4-7-13-11-17-10-9-14(13)15/h1-2,4,7-8,12,17H,3,5-6,9-11H2,(H,18,19). The highest BCUT2D eigenvalue weighted by molar-refractivity contribution is 5.93. The maximum atomic E-state index is 12.3. The number of hydrogen-bond acceptors (Lipinski definition) is 2. The summed E-state index contributed by atoms with van der Waals surface area (Å²) in [7, 11) is 0. The van der Waals surface area contributed by atoms with Gasteiger partial charge in [0, 0.05) is 18.2 Å². The molecule has 1 aromatic rings. The first-order valence-corrected chi connectivity index (χ1v) is 7.12. The highest BCUT2D eigenvalue weighted by Gasteiger charge is 2.20. The van der Waals surface area contributed by atoms with E-state index in [4.69, 9.17) is 0 Å². The second kappa shape index (κ2) is 5.57. The van der Waals surface area contributed by atoms with Gasteiger partial charge >= 0.3 is 0 Å². The van der Waals surface area contributed by atoms with Crippen LogP contribution in [-0.4, -0.2) is 12.5 Å². The molecule has 19 heavy (non-hydrogen) atoms. The summed E-state index contributed by atoms with van der Waals surface area (Å²) in [5, 5.41) is 6.50. The van der Waals surface area contributed by atoms with Gasteiger partial charge in [0.1, 0.15) is 0 Å². The van der Waals surface area contributed by atoms with E-state index in [1.54, 1.807) is 0 Å². The number of allylic oxidation sites excluding steroid dienone is 2. The molecule has 2 N–H and O–H groups in total. The number of carbonyl (C=O) groups is 1. The molecule has 3 rings (SSSR count). The monoisotopic (exact) mass is 256 g/mol. The molecule has 100 valence electrons. The van der Waals surface area contributed by atoms with E-state index >= 15 is 0 Å². The summed E-state index contributed by atoms with van der Waals surface area (Å²) in [6.07, 6.45) is 8.16. The zero-order valence-corrected chi connectivity index (χ0v) is 11.1. The summed E-state index contributed by atoms with van der Waals surface area (Å²) in [6, 6.07) is 6.20. The second-order valence-corrected chi connectivity index (χ2v) is 5.34. The maximum Gasteiger partial charge on any atom is 0.227 e. The van der Waals surface area contributed by atoms with Gasteiger partial charge in [-0.2, -0.15) is 0 Å². The van der Waals surface area contributed by atoms with Crippen molar-refractivity contribution in [1.82, 2.24) is 5.32 Å². The molecule has 0 bridgehead atoms. The quantitative estimate of drug-likeness (QED) is 0.799. The van der Waals surface area contributed by atoms with Crippen molar-refractivity contribution in [3.8, 4) is 0 Å². The molecule has 0 saturated heterocycles. The van der Waals surface area contributed by atoms with Gasteiger partial charge in [0.15, 0.2) is 0 Å². The van der Waals surface area contributed by atoms with E-state index in [9.17, 15) is 4.79 Å². The average molecular weight is 256 g/mol. The number of fused-ring (bicyclic) bond motifs is 1. The summed E-state index contributed by atoms with van der Waals surface area (Å²) in [6.45, 7) is 1.90. The molecule has 1 aliphatic heterocycles. The van der Waals surface area contributed by atoms with Crippen molar-refractivity contribution in [3.05, 3.63) is 41.5 Å². The molecule has 1 atom stereocenters. The van der Waals surface area contributed by atoms with Crippen LogP contribution in [0.5, 0.6) is 0 Å². The molecule has 1 heterocycles. The van der Waals surface area contributed by atoms with Gasteiger partial charge in [0.05, 0.1) is 0 Å². The van der Waals surface area contributed by atoms with Crippen LogP contribution >= 0.6 is 0 Å². The van der Waals surface area contributed by atoms with Crippen molar-refractivity contribution >= 4 is 11.6 Å². The minimum Gasteiger partial charge on any atom is -0.326 e. The molecule has 0 aromatic heterocycles. The van der Waals surface area contributed by atoms with Crippen molar-refractivity contribution in [2.45, 2.75) is 32.2 Å². The zero-order valence-electron chi connectivity index (χ0n) is 11.1. The van der Waals surface area contributed by atoms with Crippen LogP contribution in [0, 0.1) is 5.92 Å². The molecule has 0 saturated carbocycles. The Morgan fingerprint density at radius 3 is 3.11 bits per heavy atom. The van der Waals surface area contributed by atoms with Crippen molar-refractivity contribution in [2.75, 3.05) is 11.9 Å². The van der Waals surface area contributed by atoms with Crippen LogP contribution in [0.25, 0.3) is 0 Å². The van der Waals surface area contributed by atoms with Gasteiger partial charge in [-0.05, 0) is 49.4 Å². The highest BCUT2D eigenvalue weighted by Crippen LogP contribution is 2.25. The fourth-order valence-corrected chi connectivity index (χ4v) is 2.92. The van der Waals surface area contributed by atoms with Crippen molar-refractivity contribution in [2.24, 2.45) is 5.92 Å². The minimum atomic E-state index is 0.141. The van der Waals surface area contributed by atoms with E-state index in [-0.39, 0.29) is 11.8 Å². The summed E-state index contributed by atoms with van der Waals surface area (Å²) < 4.78 is 0. The SMILES string of the molecule is O=C(Nc1cccc2c1CCNC2)C1CC=CCC1. The Hall–Kier alpha value is -1.61. The number of nitrogens with one attached hydrogen (secondary N) is 2. The topological polar surface area (TPSA) is 41.1 Å². The molecule has 1 unspecified atom stereocenters. The van der Waals surface area contributed by atoms with Crippen LogP contribution < -0.4 is 10.6 Å². The number of anilines is 1. The molecule has 0 spiro atoms. The molecule has 1 aliphatic carbocycles. The number of hydrogen-bond donors (Lipinski definition) is 2. The van der Waals surface area contributed by atoms with Gasteiger partial charge in [0.2, 0.25) is 5.91 Å². The van der Waals surface area contributed by atoms with Crippen molar-refractivity contribution in [1.29, 1.82) is 0 Å². The second-order valence-electron chi connectivity index (χ2n) is 5.34. The Morgan fingerprint density at radius 2 is 2.26 bits per heavy atom. The van der Waals surface area contributed by atoms with Gasteiger partial charge in [0.25, 0.3) is 0 Å². The van der Waals surface area contributed by atoms with E-state index in [1.807, 2.05) is 12.1 Å². The molecular weight excluding hydrogens is 236 g/mol. The summed E-state index contributed by atoms with van der Waals surface area (Å²) in [5.74, 6) is 0.318. The largest absolute Gasteiger partial charge is 0.326 e.